The van der Waals surface area contributed by atoms with Crippen molar-refractivity contribution in [3.05, 3.63) is 53.3 Å². The number of imidazole rings is 1. The van der Waals surface area contributed by atoms with E-state index >= 15 is 0 Å². The van der Waals surface area contributed by atoms with Crippen molar-refractivity contribution in [3.63, 3.8) is 0 Å². The largest absolute Gasteiger partial charge is 0.381 e. The van der Waals surface area contributed by atoms with E-state index in [0.29, 0.717) is 18.2 Å². The van der Waals surface area contributed by atoms with Gasteiger partial charge in [0.1, 0.15) is 10.3 Å². The van der Waals surface area contributed by atoms with Gasteiger partial charge in [-0.2, -0.15) is 5.10 Å². The van der Waals surface area contributed by atoms with E-state index in [9.17, 15) is 0 Å². The molecule has 4 heterocycles. The summed E-state index contributed by atoms with van der Waals surface area (Å²) in [5, 5.41) is 7.40. The third kappa shape index (κ3) is 3.05. The van der Waals surface area contributed by atoms with Gasteiger partial charge in [-0.15, -0.1) is 0 Å². The lowest BCUT2D eigenvalue weighted by molar-refractivity contribution is 0.768. The molecule has 0 saturated carbocycles. The molecule has 0 aliphatic rings. The monoisotopic (exact) mass is 398 g/mol. The molecule has 4 rings (SSSR count). The summed E-state index contributed by atoms with van der Waals surface area (Å²) in [5.41, 5.74) is 9.52. The Labute approximate surface area is 151 Å². The summed E-state index contributed by atoms with van der Waals surface area (Å²) in [5.74, 6) is 0.906. The SMILES string of the molecule is Cn1cc(-c2cnc(N)c(NCc3ccc4ncc(Br)n4c3)n2)cn1. The molecule has 4 aromatic heterocycles. The quantitative estimate of drug-likeness (QED) is 0.547. The predicted octanol–water partition coefficient (Wildman–Crippen LogP) is 2.48. The van der Waals surface area contributed by atoms with E-state index in [4.69, 9.17) is 5.73 Å². The van der Waals surface area contributed by atoms with E-state index in [0.717, 1.165) is 27.1 Å². The molecule has 25 heavy (non-hydrogen) atoms. The van der Waals surface area contributed by atoms with Crippen LogP contribution in [0.15, 0.2) is 47.7 Å². The second-order valence-corrected chi connectivity index (χ2v) is 6.40. The normalized spacial score (nSPS) is 11.1. The third-order valence-corrected chi connectivity index (χ3v) is 4.37. The van der Waals surface area contributed by atoms with Gasteiger partial charge >= 0.3 is 0 Å². The second-order valence-electron chi connectivity index (χ2n) is 5.59. The summed E-state index contributed by atoms with van der Waals surface area (Å²) in [7, 11) is 1.86. The number of fused-ring (bicyclic) bond motifs is 1. The first-order valence-corrected chi connectivity index (χ1v) is 8.36. The van der Waals surface area contributed by atoms with Crippen molar-refractivity contribution < 1.29 is 0 Å². The molecule has 4 aromatic rings. The molecule has 8 nitrogen and oxygen atoms in total. The minimum absolute atomic E-state index is 0.359. The number of nitrogen functional groups attached to an aromatic ring is 1. The molecule has 0 aliphatic heterocycles. The first-order chi connectivity index (χ1) is 12.1. The Bertz CT molecular complexity index is 1050. The van der Waals surface area contributed by atoms with Gasteiger partial charge in [-0.1, -0.05) is 6.07 Å². The minimum Gasteiger partial charge on any atom is -0.381 e. The standard InChI is InChI=1S/C16H15BrN8/c1-24-9-11(5-22-24)12-6-20-15(18)16(23-12)21-4-10-2-3-14-19-7-13(17)25(14)8-10/h2-3,5-9H,4H2,1H3,(H2,18,20)(H,21,23). The van der Waals surface area contributed by atoms with Gasteiger partial charge in [0.15, 0.2) is 11.6 Å². The van der Waals surface area contributed by atoms with Crippen LogP contribution < -0.4 is 11.1 Å². The molecule has 0 spiro atoms. The molecule has 0 saturated heterocycles. The van der Waals surface area contributed by atoms with Crippen molar-refractivity contribution in [2.24, 2.45) is 7.05 Å². The molecule has 0 amide bonds. The maximum Gasteiger partial charge on any atom is 0.169 e. The molecule has 0 atom stereocenters. The van der Waals surface area contributed by atoms with Crippen molar-refractivity contribution in [1.82, 2.24) is 29.1 Å². The van der Waals surface area contributed by atoms with Gasteiger partial charge in [0.05, 0.1) is 24.3 Å². The summed E-state index contributed by atoms with van der Waals surface area (Å²) in [6, 6.07) is 3.97. The van der Waals surface area contributed by atoms with Crippen LogP contribution in [0.2, 0.25) is 0 Å². The fourth-order valence-electron chi connectivity index (χ4n) is 2.51. The number of nitrogens with two attached hydrogens (primary N) is 1. The maximum atomic E-state index is 5.96. The van der Waals surface area contributed by atoms with Gasteiger partial charge in [-0.25, -0.2) is 15.0 Å². The first kappa shape index (κ1) is 15.6. The highest BCUT2D eigenvalue weighted by molar-refractivity contribution is 9.10. The number of pyridine rings is 1. The zero-order valence-electron chi connectivity index (χ0n) is 13.4. The van der Waals surface area contributed by atoms with Gasteiger partial charge in [0, 0.05) is 31.5 Å². The van der Waals surface area contributed by atoms with Gasteiger partial charge in [0.2, 0.25) is 0 Å². The van der Waals surface area contributed by atoms with Crippen LogP contribution in [0.5, 0.6) is 0 Å². The number of hydrogen-bond donors (Lipinski definition) is 2. The van der Waals surface area contributed by atoms with Crippen LogP contribution in [0.25, 0.3) is 16.9 Å². The lowest BCUT2D eigenvalue weighted by Gasteiger charge is -2.09. The van der Waals surface area contributed by atoms with E-state index in [2.05, 4.69) is 41.3 Å². The Morgan fingerprint density at radius 3 is 2.84 bits per heavy atom. The van der Waals surface area contributed by atoms with Gasteiger partial charge in [-0.05, 0) is 27.6 Å². The van der Waals surface area contributed by atoms with Gasteiger partial charge < -0.3 is 11.1 Å². The van der Waals surface area contributed by atoms with Crippen molar-refractivity contribution in [2.75, 3.05) is 11.1 Å². The van der Waals surface area contributed by atoms with Crippen molar-refractivity contribution >= 4 is 33.2 Å². The summed E-state index contributed by atoms with van der Waals surface area (Å²) in [4.78, 5) is 13.1. The van der Waals surface area contributed by atoms with Gasteiger partial charge in [0.25, 0.3) is 0 Å². The van der Waals surface area contributed by atoms with E-state index in [1.54, 1.807) is 23.3 Å². The lowest BCUT2D eigenvalue weighted by atomic mass is 10.2. The van der Waals surface area contributed by atoms with Crippen molar-refractivity contribution in [3.8, 4) is 11.3 Å². The number of nitrogens with one attached hydrogen (secondary N) is 1. The summed E-state index contributed by atoms with van der Waals surface area (Å²) >= 11 is 3.48. The Kier molecular flexibility index (Phi) is 3.85. The number of rotatable bonds is 4. The molecule has 0 aromatic carbocycles. The molecule has 3 N–H and O–H groups in total. The highest BCUT2D eigenvalue weighted by Crippen LogP contribution is 2.21. The van der Waals surface area contributed by atoms with Crippen LogP contribution in [0.4, 0.5) is 11.6 Å². The number of halogens is 1. The van der Waals surface area contributed by atoms with Crippen molar-refractivity contribution in [1.29, 1.82) is 0 Å². The van der Waals surface area contributed by atoms with Crippen LogP contribution in [0.3, 0.4) is 0 Å². The molecule has 126 valence electrons. The molecular formula is C16H15BrN8. The minimum atomic E-state index is 0.359. The fraction of sp³-hybridized carbons (Fsp3) is 0.125. The maximum absolute atomic E-state index is 5.96. The predicted molar refractivity (Wildman–Crippen MR) is 98.9 cm³/mol. The first-order valence-electron chi connectivity index (χ1n) is 7.57. The van der Waals surface area contributed by atoms with E-state index < -0.39 is 0 Å². The highest BCUT2D eigenvalue weighted by atomic mass is 79.9. The number of anilines is 2. The van der Waals surface area contributed by atoms with Crippen LogP contribution in [0, 0.1) is 0 Å². The zero-order valence-corrected chi connectivity index (χ0v) is 15.0. The molecule has 0 aliphatic carbocycles. The Balaban J connectivity index is 1.58. The Morgan fingerprint density at radius 2 is 2.04 bits per heavy atom. The number of nitrogens with zero attached hydrogens (tertiary/aromatic N) is 6. The van der Waals surface area contributed by atoms with E-state index in [1.165, 1.54) is 0 Å². The van der Waals surface area contributed by atoms with Crippen LogP contribution in [-0.4, -0.2) is 29.1 Å². The Hall–Kier alpha value is -2.94. The average Bonchev–Trinajstić information content (AvgIpc) is 3.20. The zero-order chi connectivity index (χ0) is 17.4. The molecular weight excluding hydrogens is 384 g/mol. The molecule has 0 fully saturated rings. The number of hydrogen-bond acceptors (Lipinski definition) is 6. The highest BCUT2D eigenvalue weighted by Gasteiger charge is 2.09. The van der Waals surface area contributed by atoms with Crippen LogP contribution in [0.1, 0.15) is 5.56 Å². The topological polar surface area (TPSA) is 99.0 Å². The number of aryl methyl sites for hydroxylation is 1. The second kappa shape index (κ2) is 6.17. The van der Waals surface area contributed by atoms with E-state index in [1.807, 2.05) is 36.0 Å². The van der Waals surface area contributed by atoms with Crippen molar-refractivity contribution in [2.45, 2.75) is 6.54 Å². The summed E-state index contributed by atoms with van der Waals surface area (Å²) < 4.78 is 4.60. The average molecular weight is 399 g/mol. The fourth-order valence-corrected chi connectivity index (χ4v) is 2.89. The van der Waals surface area contributed by atoms with Crippen LogP contribution in [-0.2, 0) is 13.6 Å². The molecule has 0 bridgehead atoms. The third-order valence-electron chi connectivity index (χ3n) is 3.78. The lowest BCUT2D eigenvalue weighted by Crippen LogP contribution is -2.07. The Morgan fingerprint density at radius 1 is 1.16 bits per heavy atom. The molecule has 0 unspecified atom stereocenters. The summed E-state index contributed by atoms with van der Waals surface area (Å²) in [6.45, 7) is 0.565. The number of aromatic nitrogens is 6. The summed E-state index contributed by atoms with van der Waals surface area (Å²) in [6.07, 6.45) is 9.05. The molecule has 0 radical (unpaired) electrons. The van der Waals surface area contributed by atoms with Gasteiger partial charge in [-0.3, -0.25) is 9.08 Å². The van der Waals surface area contributed by atoms with Crippen LogP contribution >= 0.6 is 15.9 Å². The van der Waals surface area contributed by atoms with E-state index in [-0.39, 0.29) is 0 Å². The molecule has 9 heteroatoms. The smallest absolute Gasteiger partial charge is 0.169 e.